The van der Waals surface area contributed by atoms with E-state index in [4.69, 9.17) is 0 Å². The first-order valence-electron chi connectivity index (χ1n) is 6.71. The average molecular weight is 255 g/mol. The maximum absolute atomic E-state index is 11.3. The Morgan fingerprint density at radius 3 is 2.72 bits per heavy atom. The van der Waals surface area contributed by atoms with Crippen LogP contribution in [0.2, 0.25) is 13.1 Å². The van der Waals surface area contributed by atoms with Crippen molar-refractivity contribution in [2.45, 2.75) is 57.5 Å². The Balaban J connectivity index is 2.06. The molecule has 5 unspecified atom stereocenters. The summed E-state index contributed by atoms with van der Waals surface area (Å²) in [4.78, 5) is 11.3. The van der Waals surface area contributed by atoms with E-state index < -0.39 is 17.4 Å². The number of rotatable bonds is 5. The summed E-state index contributed by atoms with van der Waals surface area (Å²) in [5.41, 5.74) is -0.414. The second-order valence-corrected chi connectivity index (χ2v) is 6.12. The number of aliphatic hydroxyl groups is 1. The zero-order valence-electron chi connectivity index (χ0n) is 11.0. The van der Waals surface area contributed by atoms with E-state index in [0.29, 0.717) is 12.7 Å². The molecule has 0 spiro atoms. The molecule has 1 heterocycles. The average Bonchev–Trinajstić information content (AvgIpc) is 2.44. The van der Waals surface area contributed by atoms with Gasteiger partial charge >= 0.3 is 5.97 Å². The first kappa shape index (κ1) is 13.8. The van der Waals surface area contributed by atoms with Gasteiger partial charge in [-0.1, -0.05) is 20.2 Å². The van der Waals surface area contributed by atoms with Gasteiger partial charge in [0.1, 0.15) is 6.04 Å². The zero-order valence-corrected chi connectivity index (χ0v) is 11.0. The summed E-state index contributed by atoms with van der Waals surface area (Å²) in [5.74, 6) is -0.802. The quantitative estimate of drug-likeness (QED) is 0.527. The van der Waals surface area contributed by atoms with Crippen LogP contribution in [0.1, 0.15) is 26.2 Å². The van der Waals surface area contributed by atoms with Gasteiger partial charge in [-0.2, -0.15) is 0 Å². The standard InChI is InChI=1S/C12H22BNO4/c1-12(4-3-5-13(2)18)9-7(6-8(9)15)14-10(12)11(16)17/h7-10,14-15,18H,3-6H2,1-2H3,(H,16,17). The number of hydrogen-bond donors (Lipinski definition) is 4. The molecule has 1 aliphatic carbocycles. The van der Waals surface area contributed by atoms with Crippen molar-refractivity contribution in [1.82, 2.24) is 5.32 Å². The lowest BCUT2D eigenvalue weighted by Crippen LogP contribution is -2.51. The summed E-state index contributed by atoms with van der Waals surface area (Å²) < 4.78 is 0. The maximum atomic E-state index is 11.3. The molecular weight excluding hydrogens is 233 g/mol. The number of hydrogen-bond acceptors (Lipinski definition) is 4. The van der Waals surface area contributed by atoms with Crippen LogP contribution in [0.3, 0.4) is 0 Å². The lowest BCUT2D eigenvalue weighted by molar-refractivity contribution is -0.142. The van der Waals surface area contributed by atoms with Gasteiger partial charge in [0, 0.05) is 17.4 Å². The molecule has 2 aliphatic rings. The molecule has 4 N–H and O–H groups in total. The van der Waals surface area contributed by atoms with Gasteiger partial charge < -0.3 is 20.6 Å². The summed E-state index contributed by atoms with van der Waals surface area (Å²) >= 11 is 0. The van der Waals surface area contributed by atoms with Crippen LogP contribution < -0.4 is 5.32 Å². The smallest absolute Gasteiger partial charge is 0.321 e. The topological polar surface area (TPSA) is 89.8 Å². The van der Waals surface area contributed by atoms with Gasteiger partial charge in [-0.15, -0.1) is 0 Å². The molecule has 0 bridgehead atoms. The van der Waals surface area contributed by atoms with Crippen molar-refractivity contribution in [3.8, 4) is 0 Å². The Bertz CT molecular complexity index is 338. The summed E-state index contributed by atoms with van der Waals surface area (Å²) in [6.45, 7) is 3.34. The lowest BCUT2D eigenvalue weighted by atomic mass is 9.59. The van der Waals surface area contributed by atoms with Gasteiger partial charge in [0.25, 0.3) is 6.92 Å². The first-order chi connectivity index (χ1) is 8.36. The molecule has 0 aromatic heterocycles. The van der Waals surface area contributed by atoms with Crippen molar-refractivity contribution in [3.63, 3.8) is 0 Å². The van der Waals surface area contributed by atoms with Crippen LogP contribution >= 0.6 is 0 Å². The van der Waals surface area contributed by atoms with Crippen LogP contribution in [0.4, 0.5) is 0 Å². The molecule has 5 nitrogen and oxygen atoms in total. The third-order valence-corrected chi connectivity index (χ3v) is 4.73. The van der Waals surface area contributed by atoms with E-state index in [1.807, 2.05) is 6.92 Å². The number of carboxylic acid groups (broad SMARTS) is 1. The Hall–Kier alpha value is -0.585. The molecule has 1 aliphatic heterocycles. The van der Waals surface area contributed by atoms with Crippen LogP contribution in [0, 0.1) is 11.3 Å². The Kier molecular flexibility index (Phi) is 3.71. The summed E-state index contributed by atoms with van der Waals surface area (Å²) in [6, 6.07) is -0.448. The maximum Gasteiger partial charge on any atom is 0.321 e. The second-order valence-electron chi connectivity index (χ2n) is 6.12. The highest BCUT2D eigenvalue weighted by Gasteiger charge is 2.61. The van der Waals surface area contributed by atoms with Gasteiger partial charge in [0.05, 0.1) is 6.10 Å². The zero-order chi connectivity index (χ0) is 13.5. The van der Waals surface area contributed by atoms with E-state index in [1.165, 1.54) is 0 Å². The molecule has 2 fully saturated rings. The molecule has 1 saturated heterocycles. The molecule has 0 aromatic carbocycles. The minimum atomic E-state index is -0.837. The van der Waals surface area contributed by atoms with Crippen molar-refractivity contribution >= 4 is 12.9 Å². The molecule has 102 valence electrons. The number of carboxylic acids is 1. The minimum absolute atomic E-state index is 0.0348. The van der Waals surface area contributed by atoms with Crippen molar-refractivity contribution in [2.24, 2.45) is 11.3 Å². The third kappa shape index (κ3) is 2.17. The van der Waals surface area contributed by atoms with Crippen molar-refractivity contribution in [1.29, 1.82) is 0 Å². The molecule has 5 atom stereocenters. The molecule has 18 heavy (non-hydrogen) atoms. The van der Waals surface area contributed by atoms with E-state index >= 15 is 0 Å². The van der Waals surface area contributed by atoms with Crippen LogP contribution in [-0.4, -0.2) is 46.3 Å². The van der Waals surface area contributed by atoms with E-state index in [-0.39, 0.29) is 25.0 Å². The normalized spacial score (nSPS) is 42.2. The Morgan fingerprint density at radius 1 is 1.56 bits per heavy atom. The van der Waals surface area contributed by atoms with Gasteiger partial charge in [-0.05, 0) is 19.2 Å². The lowest BCUT2D eigenvalue weighted by Gasteiger charge is -2.44. The molecule has 2 rings (SSSR count). The van der Waals surface area contributed by atoms with Crippen LogP contribution in [0.15, 0.2) is 0 Å². The largest absolute Gasteiger partial charge is 0.480 e. The van der Waals surface area contributed by atoms with Gasteiger partial charge in [-0.25, -0.2) is 0 Å². The highest BCUT2D eigenvalue weighted by atomic mass is 16.4. The SMILES string of the molecule is CB(O)CCCC1(C)C(C(=O)O)NC2CC(O)C21. The first-order valence-corrected chi connectivity index (χ1v) is 6.71. The number of aliphatic hydroxyl groups excluding tert-OH is 1. The van der Waals surface area contributed by atoms with Crippen molar-refractivity contribution in [3.05, 3.63) is 0 Å². The van der Waals surface area contributed by atoms with Gasteiger partial charge in [0.2, 0.25) is 0 Å². The van der Waals surface area contributed by atoms with Crippen LogP contribution in [0.25, 0.3) is 0 Å². The van der Waals surface area contributed by atoms with E-state index in [1.54, 1.807) is 6.82 Å². The second kappa shape index (κ2) is 4.83. The molecule has 1 saturated carbocycles. The summed E-state index contributed by atoms with van der Waals surface area (Å²) in [5, 5.41) is 31.6. The number of aliphatic carboxylic acids is 1. The van der Waals surface area contributed by atoms with Crippen molar-refractivity contribution in [2.75, 3.05) is 0 Å². The number of nitrogens with one attached hydrogen (secondary N) is 1. The summed E-state index contributed by atoms with van der Waals surface area (Å²) in [7, 11) is 0. The summed E-state index contributed by atoms with van der Waals surface area (Å²) in [6.07, 6.45) is 2.45. The molecule has 0 aromatic rings. The minimum Gasteiger partial charge on any atom is -0.480 e. The van der Waals surface area contributed by atoms with Crippen LogP contribution in [-0.2, 0) is 4.79 Å². The fourth-order valence-corrected chi connectivity index (χ4v) is 3.74. The van der Waals surface area contributed by atoms with E-state index in [2.05, 4.69) is 5.32 Å². The fourth-order valence-electron chi connectivity index (χ4n) is 3.74. The predicted molar refractivity (Wildman–Crippen MR) is 68.4 cm³/mol. The fraction of sp³-hybridized carbons (Fsp3) is 0.917. The molecular formula is C12H22BNO4. The number of fused-ring (bicyclic) bond motifs is 1. The van der Waals surface area contributed by atoms with E-state index in [9.17, 15) is 20.0 Å². The Labute approximate surface area is 108 Å². The van der Waals surface area contributed by atoms with Crippen molar-refractivity contribution < 1.29 is 20.0 Å². The Morgan fingerprint density at radius 2 is 2.22 bits per heavy atom. The highest BCUT2D eigenvalue weighted by Crippen LogP contribution is 2.52. The number of carbonyl (C=O) groups is 1. The third-order valence-electron chi connectivity index (χ3n) is 4.73. The molecule has 0 radical (unpaired) electrons. The van der Waals surface area contributed by atoms with Gasteiger partial charge in [-0.3, -0.25) is 4.79 Å². The van der Waals surface area contributed by atoms with Gasteiger partial charge in [0.15, 0.2) is 0 Å². The highest BCUT2D eigenvalue weighted by molar-refractivity contribution is 6.48. The molecule has 6 heteroatoms. The van der Waals surface area contributed by atoms with Crippen LogP contribution in [0.5, 0.6) is 0 Å². The van der Waals surface area contributed by atoms with E-state index in [0.717, 1.165) is 12.8 Å². The molecule has 0 amide bonds. The monoisotopic (exact) mass is 255 g/mol. The predicted octanol–water partition coefficient (Wildman–Crippen LogP) is 0.192.